The van der Waals surface area contributed by atoms with Crippen LogP contribution in [0.3, 0.4) is 0 Å². The molecule has 12 nitrogen and oxygen atoms in total. The van der Waals surface area contributed by atoms with Gasteiger partial charge in [0.2, 0.25) is 11.9 Å². The first kappa shape index (κ1) is 22.3. The van der Waals surface area contributed by atoms with Crippen molar-refractivity contribution < 1.29 is 19.5 Å². The number of nitrogens with one attached hydrogen (secondary N) is 3. The number of aromatic nitrogens is 2. The number of benzene rings is 1. The lowest BCUT2D eigenvalue weighted by molar-refractivity contribution is -0.139. The maximum Gasteiger partial charge on any atom is 0.324 e. The van der Waals surface area contributed by atoms with E-state index in [1.807, 2.05) is 11.0 Å². The minimum absolute atomic E-state index is 0.287. The molecule has 0 aliphatic carbocycles. The number of piperazine rings is 1. The molecule has 6 N–H and O–H groups in total. The van der Waals surface area contributed by atoms with Gasteiger partial charge in [-0.05, 0) is 37.1 Å². The molecular weight excluding hydrogens is 428 g/mol. The molecule has 2 fully saturated rings. The Morgan fingerprint density at radius 2 is 2.03 bits per heavy atom. The molecule has 3 amide bonds. The second-order valence-electron chi connectivity index (χ2n) is 7.92. The number of amides is 3. The van der Waals surface area contributed by atoms with Gasteiger partial charge in [-0.25, -0.2) is 9.78 Å². The van der Waals surface area contributed by atoms with Crippen LogP contribution in [0.4, 0.5) is 27.9 Å². The molecule has 2 atom stereocenters. The first-order chi connectivity index (χ1) is 15.9. The topological polar surface area (TPSA) is 166 Å². The molecule has 2 unspecified atom stereocenters. The largest absolute Gasteiger partial charge is 0.480 e. The first-order valence-corrected chi connectivity index (χ1v) is 10.7. The summed E-state index contributed by atoms with van der Waals surface area (Å²) in [5.41, 5.74) is 6.84. The van der Waals surface area contributed by atoms with E-state index < -0.39 is 30.0 Å². The maximum absolute atomic E-state index is 12.5. The molecule has 1 aromatic carbocycles. The van der Waals surface area contributed by atoms with Crippen molar-refractivity contribution in [3.8, 4) is 0 Å². The number of carbonyl (C=O) groups excluding carboxylic acids is 2. The number of nitrogens with zero attached hydrogens (tertiary/aromatic N) is 4. The predicted molar refractivity (Wildman–Crippen MR) is 122 cm³/mol. The van der Waals surface area contributed by atoms with Gasteiger partial charge < -0.3 is 31.3 Å². The highest BCUT2D eigenvalue weighted by Gasteiger charge is 2.31. The monoisotopic (exact) mass is 454 g/mol. The van der Waals surface area contributed by atoms with Crippen molar-refractivity contribution in [2.24, 2.45) is 5.73 Å². The number of primary amides is 1. The molecule has 3 heterocycles. The van der Waals surface area contributed by atoms with Crippen LogP contribution in [0.2, 0.25) is 0 Å². The summed E-state index contributed by atoms with van der Waals surface area (Å²) in [7, 11) is 0. The van der Waals surface area contributed by atoms with Crippen LogP contribution in [-0.2, 0) is 9.59 Å². The van der Waals surface area contributed by atoms with Crippen LogP contribution >= 0.6 is 0 Å². The van der Waals surface area contributed by atoms with Gasteiger partial charge in [0.25, 0.3) is 0 Å². The molecule has 2 aromatic rings. The number of hydrogen-bond donors (Lipinski definition) is 5. The number of carboxylic acids is 1. The SMILES string of the molecule is NC(=O)C1CCCN1c1nccc(NC(=O)Nc2cccc(N3CCNC(C(=O)O)C3)c2)n1. The second-order valence-corrected chi connectivity index (χ2v) is 7.92. The van der Waals surface area contributed by atoms with E-state index in [0.717, 1.165) is 12.1 Å². The lowest BCUT2D eigenvalue weighted by Crippen LogP contribution is -2.54. The van der Waals surface area contributed by atoms with Crippen LogP contribution in [0.1, 0.15) is 12.8 Å². The van der Waals surface area contributed by atoms with Crippen LogP contribution in [0.25, 0.3) is 0 Å². The van der Waals surface area contributed by atoms with Gasteiger partial charge in [0.1, 0.15) is 17.9 Å². The molecular formula is C21H26N8O4. The van der Waals surface area contributed by atoms with Gasteiger partial charge in [-0.3, -0.25) is 14.9 Å². The minimum atomic E-state index is -0.895. The molecule has 0 radical (unpaired) electrons. The molecule has 0 saturated carbocycles. The Morgan fingerprint density at radius 3 is 2.82 bits per heavy atom. The third-order valence-corrected chi connectivity index (χ3v) is 5.67. The summed E-state index contributed by atoms with van der Waals surface area (Å²) in [6.45, 7) is 2.16. The lowest BCUT2D eigenvalue weighted by atomic mass is 10.1. The quantitative estimate of drug-likeness (QED) is 0.416. The summed E-state index contributed by atoms with van der Waals surface area (Å²) in [4.78, 5) is 47.7. The number of carboxylic acid groups (broad SMARTS) is 1. The van der Waals surface area contributed by atoms with Gasteiger partial charge in [-0.1, -0.05) is 6.07 Å². The fraction of sp³-hybridized carbons (Fsp3) is 0.381. The van der Waals surface area contributed by atoms with Gasteiger partial charge in [0.15, 0.2) is 0 Å². The Morgan fingerprint density at radius 1 is 1.18 bits per heavy atom. The Hall–Kier alpha value is -3.93. The van der Waals surface area contributed by atoms with E-state index in [2.05, 4.69) is 25.9 Å². The molecule has 0 spiro atoms. The Kier molecular flexibility index (Phi) is 6.54. The fourth-order valence-corrected chi connectivity index (χ4v) is 4.07. The van der Waals surface area contributed by atoms with E-state index >= 15 is 0 Å². The zero-order valence-corrected chi connectivity index (χ0v) is 17.9. The highest BCUT2D eigenvalue weighted by molar-refractivity contribution is 5.99. The van der Waals surface area contributed by atoms with Gasteiger partial charge >= 0.3 is 12.0 Å². The summed E-state index contributed by atoms with van der Waals surface area (Å²) < 4.78 is 0. The summed E-state index contributed by atoms with van der Waals surface area (Å²) in [5.74, 6) is -0.696. The van der Waals surface area contributed by atoms with Crippen LogP contribution in [-0.4, -0.2) is 71.2 Å². The summed E-state index contributed by atoms with van der Waals surface area (Å²) in [6.07, 6.45) is 2.97. The highest BCUT2D eigenvalue weighted by Crippen LogP contribution is 2.24. The lowest BCUT2D eigenvalue weighted by Gasteiger charge is -2.33. The number of nitrogens with two attached hydrogens (primary N) is 1. The molecule has 1 aromatic heterocycles. The van der Waals surface area contributed by atoms with Crippen molar-refractivity contribution in [3.63, 3.8) is 0 Å². The molecule has 2 saturated heterocycles. The third kappa shape index (κ3) is 5.29. The predicted octanol–water partition coefficient (Wildman–Crippen LogP) is 0.438. The van der Waals surface area contributed by atoms with Gasteiger partial charge in [0.05, 0.1) is 0 Å². The smallest absolute Gasteiger partial charge is 0.324 e. The van der Waals surface area contributed by atoms with Crippen molar-refractivity contribution in [1.82, 2.24) is 15.3 Å². The Balaban J connectivity index is 1.40. The van der Waals surface area contributed by atoms with Crippen molar-refractivity contribution in [3.05, 3.63) is 36.5 Å². The van der Waals surface area contributed by atoms with Crippen molar-refractivity contribution in [1.29, 1.82) is 0 Å². The van der Waals surface area contributed by atoms with E-state index in [9.17, 15) is 19.5 Å². The van der Waals surface area contributed by atoms with Crippen LogP contribution in [0.15, 0.2) is 36.5 Å². The van der Waals surface area contributed by atoms with E-state index in [0.29, 0.717) is 44.2 Å². The van der Waals surface area contributed by atoms with Crippen molar-refractivity contribution >= 4 is 41.0 Å². The summed E-state index contributed by atoms with van der Waals surface area (Å²) >= 11 is 0. The normalized spacial score (nSPS) is 20.4. The highest BCUT2D eigenvalue weighted by atomic mass is 16.4. The van der Waals surface area contributed by atoms with Crippen molar-refractivity contribution in [2.45, 2.75) is 24.9 Å². The molecule has 174 valence electrons. The van der Waals surface area contributed by atoms with Crippen LogP contribution < -0.4 is 31.5 Å². The van der Waals surface area contributed by atoms with E-state index in [-0.39, 0.29) is 5.82 Å². The first-order valence-electron chi connectivity index (χ1n) is 10.7. The molecule has 2 aliphatic rings. The molecule has 0 bridgehead atoms. The van der Waals surface area contributed by atoms with Crippen molar-refractivity contribution in [2.75, 3.05) is 46.6 Å². The summed E-state index contributed by atoms with van der Waals surface area (Å²) in [6, 6.07) is 7.16. The Bertz CT molecular complexity index is 1050. The number of hydrogen-bond acceptors (Lipinski definition) is 8. The molecule has 12 heteroatoms. The maximum atomic E-state index is 12.5. The van der Waals surface area contributed by atoms with E-state index in [1.165, 1.54) is 6.20 Å². The zero-order chi connectivity index (χ0) is 23.4. The number of anilines is 4. The Labute approximate surface area is 190 Å². The number of aliphatic carboxylic acids is 1. The van der Waals surface area contributed by atoms with Gasteiger partial charge in [-0.15, -0.1) is 0 Å². The van der Waals surface area contributed by atoms with E-state index in [4.69, 9.17) is 5.73 Å². The molecule has 33 heavy (non-hydrogen) atoms. The number of carbonyl (C=O) groups is 3. The average molecular weight is 454 g/mol. The number of rotatable bonds is 6. The summed E-state index contributed by atoms with van der Waals surface area (Å²) in [5, 5.41) is 17.7. The van der Waals surface area contributed by atoms with Gasteiger partial charge in [0, 0.05) is 43.8 Å². The number of urea groups is 1. The standard InChI is InChI=1S/C21H26N8O4/c22-18(30)16-5-2-9-29(16)20-24-7-6-17(26-20)27-21(33)25-13-3-1-4-14(11-13)28-10-8-23-15(12-28)19(31)32/h1,3-4,6-7,11,15-16,23H,2,5,8-10,12H2,(H2,22,30)(H,31,32)(H2,24,25,26,27,33). The van der Waals surface area contributed by atoms with E-state index in [1.54, 1.807) is 29.2 Å². The average Bonchev–Trinajstić information content (AvgIpc) is 3.30. The fourth-order valence-electron chi connectivity index (χ4n) is 4.07. The van der Waals surface area contributed by atoms with Gasteiger partial charge in [-0.2, -0.15) is 4.98 Å². The zero-order valence-electron chi connectivity index (χ0n) is 17.9. The van der Waals surface area contributed by atoms with Crippen LogP contribution in [0, 0.1) is 0 Å². The molecule has 2 aliphatic heterocycles. The minimum Gasteiger partial charge on any atom is -0.480 e. The third-order valence-electron chi connectivity index (χ3n) is 5.67. The van der Waals surface area contributed by atoms with Crippen LogP contribution in [0.5, 0.6) is 0 Å². The second kappa shape index (κ2) is 9.69. The molecule has 4 rings (SSSR count).